The Bertz CT molecular complexity index is 1340. The molecule has 0 amide bonds. The van der Waals surface area contributed by atoms with Crippen LogP contribution in [0.3, 0.4) is 0 Å². The molecular weight excluding hydrogens is 438 g/mol. The summed E-state index contributed by atoms with van der Waals surface area (Å²) in [5, 5.41) is 4.67. The van der Waals surface area contributed by atoms with Crippen molar-refractivity contribution in [2.24, 2.45) is 0 Å². The molecule has 1 unspecified atom stereocenters. The van der Waals surface area contributed by atoms with Crippen LogP contribution in [0.2, 0.25) is 0 Å². The maximum Gasteiger partial charge on any atom is 0.252 e. The Morgan fingerprint density at radius 2 is 1.97 bits per heavy atom. The largest absolute Gasteiger partial charge is 0.480 e. The van der Waals surface area contributed by atoms with E-state index in [-0.39, 0.29) is 22.7 Å². The summed E-state index contributed by atoms with van der Waals surface area (Å²) in [5.41, 5.74) is 1.78. The van der Waals surface area contributed by atoms with E-state index in [2.05, 4.69) is 28.2 Å². The molecule has 0 saturated carbocycles. The van der Waals surface area contributed by atoms with Crippen molar-refractivity contribution in [1.29, 1.82) is 0 Å². The number of hydrogen-bond acceptors (Lipinski definition) is 7. The Hall–Kier alpha value is -2.62. The number of likely N-dealkylation sites (tertiary alicyclic amines) is 1. The van der Waals surface area contributed by atoms with Crippen LogP contribution in [0.4, 0.5) is 0 Å². The van der Waals surface area contributed by atoms with E-state index in [1.807, 2.05) is 22.9 Å². The van der Waals surface area contributed by atoms with Gasteiger partial charge in [-0.2, -0.15) is 0 Å². The fraction of sp³-hybridized carbons (Fsp3) is 0.458. The Labute approximate surface area is 195 Å². The van der Waals surface area contributed by atoms with Gasteiger partial charge >= 0.3 is 0 Å². The van der Waals surface area contributed by atoms with Crippen LogP contribution in [0.5, 0.6) is 5.75 Å². The van der Waals surface area contributed by atoms with Crippen molar-refractivity contribution < 1.29 is 4.74 Å². The predicted molar refractivity (Wildman–Crippen MR) is 128 cm³/mol. The summed E-state index contributed by atoms with van der Waals surface area (Å²) in [7, 11) is 0. The Morgan fingerprint density at radius 1 is 1.18 bits per heavy atom. The van der Waals surface area contributed by atoms with E-state index in [4.69, 9.17) is 4.74 Å². The summed E-state index contributed by atoms with van der Waals surface area (Å²) in [6, 6.07) is 8.95. The second kappa shape index (κ2) is 8.00. The van der Waals surface area contributed by atoms with Crippen molar-refractivity contribution in [3.05, 3.63) is 62.9 Å². The third-order valence-corrected chi connectivity index (χ3v) is 8.12. The van der Waals surface area contributed by atoms with Gasteiger partial charge in [-0.1, -0.05) is 11.8 Å². The number of fused-ring (bicyclic) bond motifs is 1. The normalized spacial score (nSPS) is 21.3. The first-order valence-electron chi connectivity index (χ1n) is 11.5. The first-order valence-corrected chi connectivity index (χ1v) is 12.4. The minimum absolute atomic E-state index is 0.0102. The molecule has 33 heavy (non-hydrogen) atoms. The topological polar surface area (TPSA) is 81.4 Å². The fourth-order valence-corrected chi connectivity index (χ4v) is 6.03. The third-order valence-electron chi connectivity index (χ3n) is 7.26. The molecule has 1 N–H and O–H groups in total. The summed E-state index contributed by atoms with van der Waals surface area (Å²) in [6.07, 6.45) is 3.87. The quantitative estimate of drug-likeness (QED) is 0.619. The molecule has 3 aliphatic rings. The van der Waals surface area contributed by atoms with Gasteiger partial charge in [0.05, 0.1) is 22.8 Å². The zero-order valence-corrected chi connectivity index (χ0v) is 19.4. The summed E-state index contributed by atoms with van der Waals surface area (Å²) in [4.78, 5) is 33.2. The maximum atomic E-state index is 12.7. The number of nitrogens with zero attached hydrogens (tertiary/aromatic N) is 4. The monoisotopic (exact) mass is 465 g/mol. The molecule has 0 bridgehead atoms. The molecular formula is C24H27N5O3S. The van der Waals surface area contributed by atoms with Crippen LogP contribution in [0, 0.1) is 0 Å². The smallest absolute Gasteiger partial charge is 0.252 e. The highest BCUT2D eigenvalue weighted by molar-refractivity contribution is 7.99. The average Bonchev–Trinajstić information content (AvgIpc) is 3.44. The molecule has 3 aliphatic heterocycles. The van der Waals surface area contributed by atoms with Crippen LogP contribution in [-0.4, -0.2) is 50.1 Å². The summed E-state index contributed by atoms with van der Waals surface area (Å²) in [5.74, 6) is 1.55. The van der Waals surface area contributed by atoms with Gasteiger partial charge in [0.2, 0.25) is 0 Å². The second-order valence-corrected chi connectivity index (χ2v) is 10.5. The lowest BCUT2D eigenvalue weighted by Gasteiger charge is -2.41. The lowest BCUT2D eigenvalue weighted by atomic mass is 9.89. The van der Waals surface area contributed by atoms with E-state index >= 15 is 0 Å². The zero-order valence-electron chi connectivity index (χ0n) is 18.6. The molecule has 3 aromatic rings. The first-order chi connectivity index (χ1) is 16.0. The van der Waals surface area contributed by atoms with Gasteiger partial charge < -0.3 is 15.0 Å². The van der Waals surface area contributed by atoms with Crippen molar-refractivity contribution >= 4 is 22.8 Å². The zero-order chi connectivity index (χ0) is 22.6. The molecule has 6 heterocycles. The highest BCUT2D eigenvalue weighted by Crippen LogP contribution is 2.35. The van der Waals surface area contributed by atoms with Crippen LogP contribution >= 0.6 is 11.8 Å². The Balaban J connectivity index is 1.10. The average molecular weight is 466 g/mol. The predicted octanol–water partition coefficient (Wildman–Crippen LogP) is 2.20. The molecule has 6 rings (SSSR count). The molecule has 1 fully saturated rings. The number of hydrogen-bond donors (Lipinski definition) is 1. The molecule has 0 radical (unpaired) electrons. The fourth-order valence-electron chi connectivity index (χ4n) is 5.24. The van der Waals surface area contributed by atoms with Gasteiger partial charge in [0.15, 0.2) is 5.75 Å². The molecule has 0 spiro atoms. The molecule has 0 aromatic carbocycles. The highest BCUT2D eigenvalue weighted by atomic mass is 32.2. The van der Waals surface area contributed by atoms with Crippen LogP contribution in [0.25, 0.3) is 11.0 Å². The SMILES string of the molecule is CC1(NCc2cc3c(cn2)OCS3)CCN(CC2Cn3c(=O)ccc4ccc(=O)n2c43)CC1. The minimum Gasteiger partial charge on any atom is -0.480 e. The molecule has 3 aromatic heterocycles. The van der Waals surface area contributed by atoms with E-state index < -0.39 is 0 Å². The van der Waals surface area contributed by atoms with E-state index in [1.54, 1.807) is 28.5 Å². The van der Waals surface area contributed by atoms with Crippen LogP contribution in [0.15, 0.2) is 51.0 Å². The first kappa shape index (κ1) is 20.9. The van der Waals surface area contributed by atoms with E-state index in [1.165, 1.54) is 4.90 Å². The Kier molecular flexibility index (Phi) is 5.08. The number of ether oxygens (including phenoxy) is 1. The molecule has 8 nitrogen and oxygen atoms in total. The summed E-state index contributed by atoms with van der Waals surface area (Å²) >= 11 is 1.71. The van der Waals surface area contributed by atoms with E-state index in [9.17, 15) is 9.59 Å². The maximum absolute atomic E-state index is 12.7. The molecule has 172 valence electrons. The van der Waals surface area contributed by atoms with Gasteiger partial charge in [-0.3, -0.25) is 23.7 Å². The van der Waals surface area contributed by atoms with Crippen molar-refractivity contribution in [3.63, 3.8) is 0 Å². The second-order valence-electron chi connectivity index (χ2n) is 9.50. The molecule has 1 saturated heterocycles. The van der Waals surface area contributed by atoms with E-state index in [0.717, 1.165) is 61.5 Å². The number of pyridine rings is 3. The van der Waals surface area contributed by atoms with Gasteiger partial charge in [0.25, 0.3) is 11.1 Å². The number of nitrogens with one attached hydrogen (secondary N) is 1. The third kappa shape index (κ3) is 3.78. The standard InChI is InChI=1S/C24H27N5O3S/c1-24(26-11-17-10-20-19(12-25-17)32-15-33-20)6-8-27(9-7-24)13-18-14-28-21(30)4-2-16-3-5-22(31)29(18)23(16)28/h2-5,10,12,18,26H,6-9,11,13-15H2,1H3. The van der Waals surface area contributed by atoms with Crippen molar-refractivity contribution in [1.82, 2.24) is 24.3 Å². The highest BCUT2D eigenvalue weighted by Gasteiger charge is 2.33. The van der Waals surface area contributed by atoms with Gasteiger partial charge in [-0.05, 0) is 51.1 Å². The molecule has 1 atom stereocenters. The summed E-state index contributed by atoms with van der Waals surface area (Å²) in [6.45, 7) is 6.27. The lowest BCUT2D eigenvalue weighted by Crippen LogP contribution is -2.52. The lowest BCUT2D eigenvalue weighted by molar-refractivity contribution is 0.128. The van der Waals surface area contributed by atoms with Gasteiger partial charge in [0, 0.05) is 42.7 Å². The number of aromatic nitrogens is 3. The number of rotatable bonds is 5. The van der Waals surface area contributed by atoms with Crippen LogP contribution in [0.1, 0.15) is 31.5 Å². The van der Waals surface area contributed by atoms with Crippen LogP contribution in [-0.2, 0) is 13.1 Å². The van der Waals surface area contributed by atoms with E-state index in [0.29, 0.717) is 12.5 Å². The van der Waals surface area contributed by atoms with Crippen molar-refractivity contribution in [3.8, 4) is 5.75 Å². The minimum atomic E-state index is -0.0371. The Morgan fingerprint density at radius 3 is 2.79 bits per heavy atom. The summed E-state index contributed by atoms with van der Waals surface area (Å²) < 4.78 is 9.10. The van der Waals surface area contributed by atoms with Gasteiger partial charge in [-0.25, -0.2) is 0 Å². The number of piperidine rings is 1. The molecule has 0 aliphatic carbocycles. The van der Waals surface area contributed by atoms with Crippen molar-refractivity contribution in [2.45, 2.75) is 49.3 Å². The van der Waals surface area contributed by atoms with Crippen LogP contribution < -0.4 is 21.2 Å². The van der Waals surface area contributed by atoms with Crippen molar-refractivity contribution in [2.75, 3.05) is 25.6 Å². The number of thioether (sulfide) groups is 1. The van der Waals surface area contributed by atoms with Gasteiger partial charge in [0.1, 0.15) is 11.6 Å². The van der Waals surface area contributed by atoms with Gasteiger partial charge in [-0.15, -0.1) is 0 Å². The molecule has 9 heteroatoms.